The third-order valence-electron chi connectivity index (χ3n) is 2.93. The summed E-state index contributed by atoms with van der Waals surface area (Å²) in [6.45, 7) is 5.76. The summed E-state index contributed by atoms with van der Waals surface area (Å²) in [5.74, 6) is 1.59. The molecule has 0 radical (unpaired) electrons. The maximum absolute atomic E-state index is 4.53. The molecule has 19 heavy (non-hydrogen) atoms. The third-order valence-corrected chi connectivity index (χ3v) is 2.93. The van der Waals surface area contributed by atoms with E-state index in [2.05, 4.69) is 32.1 Å². The van der Waals surface area contributed by atoms with E-state index in [1.807, 2.05) is 44.6 Å². The first-order chi connectivity index (χ1) is 9.24. The molecular weight excluding hydrogens is 238 g/mol. The van der Waals surface area contributed by atoms with Gasteiger partial charge in [0.2, 0.25) is 5.95 Å². The van der Waals surface area contributed by atoms with Crippen LogP contribution >= 0.6 is 0 Å². The van der Waals surface area contributed by atoms with Crippen molar-refractivity contribution in [2.45, 2.75) is 20.4 Å². The molecule has 2 rings (SSSR count). The van der Waals surface area contributed by atoms with Crippen LogP contribution in [-0.2, 0) is 6.54 Å². The number of anilines is 2. The minimum absolute atomic E-state index is 0.639. The first kappa shape index (κ1) is 13.3. The van der Waals surface area contributed by atoms with E-state index in [1.165, 1.54) is 0 Å². The fourth-order valence-corrected chi connectivity index (χ4v) is 1.90. The summed E-state index contributed by atoms with van der Waals surface area (Å²) in [4.78, 5) is 15.3. The van der Waals surface area contributed by atoms with Gasteiger partial charge in [0.25, 0.3) is 0 Å². The van der Waals surface area contributed by atoms with Gasteiger partial charge in [-0.2, -0.15) is 4.98 Å². The fourth-order valence-electron chi connectivity index (χ4n) is 1.90. The molecule has 0 saturated carbocycles. The average Bonchev–Trinajstić information content (AvgIpc) is 2.47. The summed E-state index contributed by atoms with van der Waals surface area (Å²) in [5, 5.41) is 2.97. The van der Waals surface area contributed by atoms with E-state index < -0.39 is 0 Å². The van der Waals surface area contributed by atoms with Gasteiger partial charge in [0.15, 0.2) is 0 Å². The van der Waals surface area contributed by atoms with Crippen LogP contribution in [0.3, 0.4) is 0 Å². The second-order valence-corrected chi connectivity index (χ2v) is 4.29. The van der Waals surface area contributed by atoms with Crippen LogP contribution in [0, 0.1) is 6.92 Å². The number of aromatic nitrogens is 3. The number of nitrogens with one attached hydrogen (secondary N) is 1. The molecule has 2 heterocycles. The highest BCUT2D eigenvalue weighted by Crippen LogP contribution is 2.19. The molecule has 5 nitrogen and oxygen atoms in total. The van der Waals surface area contributed by atoms with Crippen molar-refractivity contribution < 1.29 is 0 Å². The second-order valence-electron chi connectivity index (χ2n) is 4.29. The molecule has 0 fully saturated rings. The van der Waals surface area contributed by atoms with E-state index in [0.717, 1.165) is 30.2 Å². The minimum Gasteiger partial charge on any atom is -0.357 e. The van der Waals surface area contributed by atoms with Gasteiger partial charge in [-0.25, -0.2) is 4.98 Å². The van der Waals surface area contributed by atoms with Crippen molar-refractivity contribution in [1.29, 1.82) is 0 Å². The van der Waals surface area contributed by atoms with Crippen LogP contribution in [0.4, 0.5) is 11.8 Å². The van der Waals surface area contributed by atoms with E-state index in [9.17, 15) is 0 Å². The number of rotatable bonds is 5. The highest BCUT2D eigenvalue weighted by molar-refractivity contribution is 5.48. The summed E-state index contributed by atoms with van der Waals surface area (Å²) >= 11 is 0. The van der Waals surface area contributed by atoms with Crippen molar-refractivity contribution in [2.75, 3.05) is 23.8 Å². The second kappa shape index (κ2) is 6.13. The zero-order chi connectivity index (χ0) is 13.7. The molecule has 0 atom stereocenters. The Bertz CT molecular complexity index is 527. The molecule has 0 bridgehead atoms. The van der Waals surface area contributed by atoms with Crippen LogP contribution in [0.1, 0.15) is 18.2 Å². The van der Waals surface area contributed by atoms with Crippen molar-refractivity contribution >= 4 is 11.8 Å². The molecule has 2 aromatic rings. The standard InChI is InChI=1S/C14H19N5/c1-4-19(10-12-7-5-6-8-16-12)13-11(2)9-17-14(15-3)18-13/h5-9H,4,10H2,1-3H3,(H,15,17,18). The number of hydrogen-bond acceptors (Lipinski definition) is 5. The van der Waals surface area contributed by atoms with Crippen molar-refractivity contribution in [3.05, 3.63) is 41.9 Å². The molecule has 0 aliphatic rings. The molecule has 2 aromatic heterocycles. The van der Waals surface area contributed by atoms with Crippen molar-refractivity contribution in [3.63, 3.8) is 0 Å². The molecule has 1 N–H and O–H groups in total. The van der Waals surface area contributed by atoms with Crippen LogP contribution in [-0.4, -0.2) is 28.5 Å². The minimum atomic E-state index is 0.639. The van der Waals surface area contributed by atoms with E-state index in [-0.39, 0.29) is 0 Å². The van der Waals surface area contributed by atoms with Gasteiger partial charge in [-0.1, -0.05) is 6.07 Å². The van der Waals surface area contributed by atoms with Gasteiger partial charge >= 0.3 is 0 Å². The number of hydrogen-bond donors (Lipinski definition) is 1. The van der Waals surface area contributed by atoms with Crippen LogP contribution in [0.15, 0.2) is 30.6 Å². The Morgan fingerprint density at radius 2 is 2.11 bits per heavy atom. The maximum atomic E-state index is 4.53. The Balaban J connectivity index is 2.26. The van der Waals surface area contributed by atoms with Crippen molar-refractivity contribution in [1.82, 2.24) is 15.0 Å². The molecular formula is C14H19N5. The summed E-state index contributed by atoms with van der Waals surface area (Å²) in [7, 11) is 1.82. The van der Waals surface area contributed by atoms with E-state index in [4.69, 9.17) is 0 Å². The van der Waals surface area contributed by atoms with E-state index in [0.29, 0.717) is 5.95 Å². The van der Waals surface area contributed by atoms with Crippen LogP contribution in [0.2, 0.25) is 0 Å². The van der Waals surface area contributed by atoms with Gasteiger partial charge in [0, 0.05) is 31.5 Å². The Morgan fingerprint density at radius 3 is 2.74 bits per heavy atom. The molecule has 0 spiro atoms. The lowest BCUT2D eigenvalue weighted by atomic mass is 10.3. The lowest BCUT2D eigenvalue weighted by Gasteiger charge is -2.23. The molecule has 0 aromatic carbocycles. The van der Waals surface area contributed by atoms with Crippen LogP contribution < -0.4 is 10.2 Å². The summed E-state index contributed by atoms with van der Waals surface area (Å²) < 4.78 is 0. The highest BCUT2D eigenvalue weighted by Gasteiger charge is 2.11. The van der Waals surface area contributed by atoms with Crippen molar-refractivity contribution in [2.24, 2.45) is 0 Å². The topological polar surface area (TPSA) is 53.9 Å². The fraction of sp³-hybridized carbons (Fsp3) is 0.357. The van der Waals surface area contributed by atoms with Gasteiger partial charge in [-0.15, -0.1) is 0 Å². The Morgan fingerprint density at radius 1 is 1.26 bits per heavy atom. The van der Waals surface area contributed by atoms with Gasteiger partial charge in [-0.3, -0.25) is 4.98 Å². The van der Waals surface area contributed by atoms with Gasteiger partial charge in [-0.05, 0) is 26.0 Å². The molecule has 100 valence electrons. The number of pyridine rings is 1. The highest BCUT2D eigenvalue weighted by atomic mass is 15.2. The van der Waals surface area contributed by atoms with E-state index in [1.54, 1.807) is 0 Å². The molecule has 0 amide bonds. The SMILES string of the molecule is CCN(Cc1ccccn1)c1nc(NC)ncc1C. The Hall–Kier alpha value is -2.17. The largest absolute Gasteiger partial charge is 0.357 e. The molecule has 0 saturated heterocycles. The summed E-state index contributed by atoms with van der Waals surface area (Å²) in [6, 6.07) is 5.95. The zero-order valence-electron chi connectivity index (χ0n) is 11.6. The van der Waals surface area contributed by atoms with Gasteiger partial charge in [0.05, 0.1) is 12.2 Å². The lowest BCUT2D eigenvalue weighted by Crippen LogP contribution is -2.25. The maximum Gasteiger partial charge on any atom is 0.224 e. The number of aryl methyl sites for hydroxylation is 1. The number of nitrogens with zero attached hydrogens (tertiary/aromatic N) is 4. The Labute approximate surface area is 113 Å². The van der Waals surface area contributed by atoms with Crippen LogP contribution in [0.25, 0.3) is 0 Å². The average molecular weight is 257 g/mol. The quantitative estimate of drug-likeness (QED) is 0.890. The predicted molar refractivity (Wildman–Crippen MR) is 77.3 cm³/mol. The van der Waals surface area contributed by atoms with Gasteiger partial charge < -0.3 is 10.2 Å². The van der Waals surface area contributed by atoms with E-state index >= 15 is 0 Å². The predicted octanol–water partition coefficient (Wildman–Crippen LogP) is 2.25. The van der Waals surface area contributed by atoms with Crippen molar-refractivity contribution in [3.8, 4) is 0 Å². The smallest absolute Gasteiger partial charge is 0.224 e. The molecule has 5 heteroatoms. The molecule has 0 aliphatic heterocycles. The third kappa shape index (κ3) is 3.19. The molecule has 0 unspecified atom stereocenters. The normalized spacial score (nSPS) is 10.3. The first-order valence-electron chi connectivity index (χ1n) is 6.40. The first-order valence-corrected chi connectivity index (χ1v) is 6.40. The summed E-state index contributed by atoms with van der Waals surface area (Å²) in [5.41, 5.74) is 2.10. The zero-order valence-corrected chi connectivity index (χ0v) is 11.6. The monoisotopic (exact) mass is 257 g/mol. The summed E-state index contributed by atoms with van der Waals surface area (Å²) in [6.07, 6.45) is 3.66. The lowest BCUT2D eigenvalue weighted by molar-refractivity contribution is 0.787. The Kier molecular flexibility index (Phi) is 4.28. The van der Waals surface area contributed by atoms with Gasteiger partial charge in [0.1, 0.15) is 5.82 Å². The van der Waals surface area contributed by atoms with Crippen LogP contribution in [0.5, 0.6) is 0 Å². The molecule has 0 aliphatic carbocycles.